The van der Waals surface area contributed by atoms with Gasteiger partial charge < -0.3 is 16.0 Å². The Bertz CT molecular complexity index is 1680. The smallest absolute Gasteiger partial charge is 0.326 e. The summed E-state index contributed by atoms with van der Waals surface area (Å²) in [4.78, 5) is 36.7. The zero-order valence-electron chi connectivity index (χ0n) is 21.0. The summed E-state index contributed by atoms with van der Waals surface area (Å²) in [5.74, 6) is -13.6. The molecule has 0 heterocycles. The van der Waals surface area contributed by atoms with E-state index in [1.54, 1.807) is 5.32 Å². The Balaban J connectivity index is 1.53. The van der Waals surface area contributed by atoms with Crippen molar-refractivity contribution in [2.45, 2.75) is 22.6 Å². The zero-order chi connectivity index (χ0) is 32.9. The minimum Gasteiger partial charge on any atom is -0.326 e. The molecule has 0 bridgehead atoms. The summed E-state index contributed by atoms with van der Waals surface area (Å²) in [5, 5.41) is 5.18. The van der Waals surface area contributed by atoms with Crippen LogP contribution in [0.3, 0.4) is 0 Å². The summed E-state index contributed by atoms with van der Waals surface area (Å²) < 4.78 is 131. The van der Waals surface area contributed by atoms with Crippen LogP contribution >= 0.6 is 23.2 Å². The molecule has 3 aromatic rings. The van der Waals surface area contributed by atoms with Crippen molar-refractivity contribution in [3.8, 4) is 0 Å². The number of alkyl halides is 8. The highest BCUT2D eigenvalue weighted by Gasteiger charge is 2.67. The molecule has 18 heteroatoms. The minimum atomic E-state index is -5.43. The second kappa shape index (κ2) is 11.5. The molecule has 0 spiro atoms. The molecule has 1 aliphatic carbocycles. The molecule has 1 saturated carbocycles. The van der Waals surface area contributed by atoms with E-state index in [9.17, 15) is 58.3 Å². The summed E-state index contributed by atoms with van der Waals surface area (Å²) >= 11 is 12.2. The number of hydrogen-bond donors (Lipinski definition) is 3. The second-order valence-corrected chi connectivity index (χ2v) is 10.7. The number of anilines is 3. The van der Waals surface area contributed by atoms with Crippen LogP contribution in [0, 0.1) is 29.2 Å². The first kappa shape index (κ1) is 32.9. The van der Waals surface area contributed by atoms with Crippen molar-refractivity contribution in [1.82, 2.24) is 0 Å². The lowest BCUT2D eigenvalue weighted by Crippen LogP contribution is -2.30. The van der Waals surface area contributed by atoms with Crippen molar-refractivity contribution in [1.29, 1.82) is 0 Å². The van der Waals surface area contributed by atoms with E-state index in [0.717, 1.165) is 23.5 Å². The van der Waals surface area contributed by atoms with Crippen LogP contribution in [-0.4, -0.2) is 28.2 Å². The van der Waals surface area contributed by atoms with Crippen LogP contribution < -0.4 is 16.0 Å². The van der Waals surface area contributed by atoms with Gasteiger partial charge in [-0.1, -0.05) is 6.07 Å². The van der Waals surface area contributed by atoms with Gasteiger partial charge in [-0.2, -0.15) is 26.3 Å². The lowest BCUT2D eigenvalue weighted by Gasteiger charge is -2.13. The summed E-state index contributed by atoms with van der Waals surface area (Å²) in [7, 11) is 0. The van der Waals surface area contributed by atoms with Gasteiger partial charge in [0.25, 0.3) is 5.91 Å². The van der Waals surface area contributed by atoms with Gasteiger partial charge in [-0.3, -0.25) is 14.4 Å². The Morgan fingerprint density at radius 1 is 0.705 bits per heavy atom. The molecule has 4 rings (SSSR count). The van der Waals surface area contributed by atoms with E-state index in [0.29, 0.717) is 24.3 Å². The summed E-state index contributed by atoms with van der Waals surface area (Å²) in [5.41, 5.74) is -5.11. The topological polar surface area (TPSA) is 87.3 Å². The van der Waals surface area contributed by atoms with Gasteiger partial charge >= 0.3 is 18.3 Å². The number of nitrogens with one attached hydrogen (secondary N) is 3. The van der Waals surface area contributed by atoms with Crippen LogP contribution in [0.1, 0.15) is 27.4 Å². The van der Waals surface area contributed by atoms with Gasteiger partial charge in [-0.05, 0) is 42.0 Å². The Hall–Kier alpha value is -4.05. The molecule has 44 heavy (non-hydrogen) atoms. The fraction of sp³-hybridized carbons (Fsp3) is 0.192. The predicted molar refractivity (Wildman–Crippen MR) is 136 cm³/mol. The number of amides is 3. The van der Waals surface area contributed by atoms with E-state index in [2.05, 4.69) is 5.32 Å². The maximum absolute atomic E-state index is 14.5. The maximum Gasteiger partial charge on any atom is 0.471 e. The third kappa shape index (κ3) is 6.70. The Kier molecular flexibility index (Phi) is 8.56. The number of hydrogen-bond acceptors (Lipinski definition) is 3. The van der Waals surface area contributed by atoms with Gasteiger partial charge in [0.1, 0.15) is 27.6 Å². The molecule has 1 fully saturated rings. The molecule has 0 radical (unpaired) electrons. The van der Waals surface area contributed by atoms with Crippen molar-refractivity contribution in [3.05, 3.63) is 88.5 Å². The monoisotopic (exact) mass is 675 g/mol. The standard InChI is InChI=1S/C26H13Cl2F10N3O3/c27-24(28)19(9-1-3-14(30)12(5-9)25(33,34)35)20(24)22(43)39-10-2-4-13(29)11(6-10)21(42)40-17-8-18(16(32)7-15(17)31)41-23(44)26(36,37)38/h1-8,19-20H,(H,39,43)(H,40,42)(H,41,44)/t19-,20+/m0/s1. The number of carbonyl (C=O) groups is 3. The molecule has 3 N–H and O–H groups in total. The molecule has 3 aromatic carbocycles. The molecule has 1 aliphatic rings. The van der Waals surface area contributed by atoms with Crippen LogP contribution in [0.25, 0.3) is 0 Å². The van der Waals surface area contributed by atoms with Crippen LogP contribution in [0.4, 0.5) is 61.0 Å². The van der Waals surface area contributed by atoms with Crippen LogP contribution in [0.5, 0.6) is 0 Å². The molecule has 0 aliphatic heterocycles. The van der Waals surface area contributed by atoms with Crippen molar-refractivity contribution in [2.75, 3.05) is 16.0 Å². The first-order valence-electron chi connectivity index (χ1n) is 11.7. The Morgan fingerprint density at radius 2 is 1.30 bits per heavy atom. The molecule has 0 saturated heterocycles. The highest BCUT2D eigenvalue weighted by atomic mass is 35.5. The van der Waals surface area contributed by atoms with Crippen LogP contribution in [0.15, 0.2) is 48.5 Å². The minimum absolute atomic E-state index is 0.0456. The third-order valence-electron chi connectivity index (χ3n) is 6.28. The van der Waals surface area contributed by atoms with Crippen molar-refractivity contribution >= 4 is 58.0 Å². The van der Waals surface area contributed by atoms with E-state index >= 15 is 0 Å². The zero-order valence-corrected chi connectivity index (χ0v) is 22.5. The van der Waals surface area contributed by atoms with Crippen LogP contribution in [-0.2, 0) is 15.8 Å². The largest absolute Gasteiger partial charge is 0.471 e. The molecule has 2 atom stereocenters. The maximum atomic E-state index is 14.5. The molecule has 3 amide bonds. The summed E-state index contributed by atoms with van der Waals surface area (Å²) in [6.07, 6.45) is -10.5. The van der Waals surface area contributed by atoms with E-state index in [1.165, 1.54) is 0 Å². The fourth-order valence-corrected chi connectivity index (χ4v) is 4.97. The average Bonchev–Trinajstić information content (AvgIpc) is 3.48. The fourth-order valence-electron chi connectivity index (χ4n) is 4.14. The van der Waals surface area contributed by atoms with Gasteiger partial charge in [0.15, 0.2) is 0 Å². The van der Waals surface area contributed by atoms with Gasteiger partial charge in [0.05, 0.1) is 28.4 Å². The van der Waals surface area contributed by atoms with Gasteiger partial charge in [-0.15, -0.1) is 23.2 Å². The predicted octanol–water partition coefficient (Wildman–Crippen LogP) is 7.54. The quantitative estimate of drug-likeness (QED) is 0.186. The molecular formula is C26H13Cl2F10N3O3. The Labute approximate surface area is 249 Å². The lowest BCUT2D eigenvalue weighted by atomic mass is 10.0. The molecular weight excluding hydrogens is 663 g/mol. The van der Waals surface area contributed by atoms with E-state index in [4.69, 9.17) is 23.2 Å². The number of halogens is 12. The number of rotatable bonds is 6. The molecule has 0 unspecified atom stereocenters. The van der Waals surface area contributed by atoms with E-state index in [-0.39, 0.29) is 17.3 Å². The van der Waals surface area contributed by atoms with Crippen LogP contribution in [0.2, 0.25) is 0 Å². The SMILES string of the molecule is O=C(Nc1cc(NC(=O)C(F)(F)F)c(F)cc1F)c1cc(NC(=O)[C@H]2[C@H](c3ccc(F)c(C(F)(F)F)c3)C2(Cl)Cl)ccc1F. The summed E-state index contributed by atoms with van der Waals surface area (Å²) in [6, 6.07) is 4.64. The number of carbonyl (C=O) groups excluding carboxylic acids is 3. The van der Waals surface area contributed by atoms with Gasteiger partial charge in [0, 0.05) is 17.7 Å². The third-order valence-corrected chi connectivity index (χ3v) is 7.22. The van der Waals surface area contributed by atoms with Gasteiger partial charge in [0.2, 0.25) is 5.91 Å². The highest BCUT2D eigenvalue weighted by molar-refractivity contribution is 6.53. The molecule has 234 valence electrons. The van der Waals surface area contributed by atoms with Crippen molar-refractivity contribution in [2.24, 2.45) is 5.92 Å². The van der Waals surface area contributed by atoms with Gasteiger partial charge in [-0.25, -0.2) is 17.6 Å². The number of benzene rings is 3. The normalized spacial score (nSPS) is 17.5. The first-order chi connectivity index (χ1) is 20.2. The lowest BCUT2D eigenvalue weighted by molar-refractivity contribution is -0.167. The molecule has 0 aromatic heterocycles. The summed E-state index contributed by atoms with van der Waals surface area (Å²) in [6.45, 7) is 0. The van der Waals surface area contributed by atoms with E-state index in [1.807, 2.05) is 0 Å². The Morgan fingerprint density at radius 3 is 1.89 bits per heavy atom. The second-order valence-electron chi connectivity index (χ2n) is 9.27. The molecule has 6 nitrogen and oxygen atoms in total. The average molecular weight is 676 g/mol. The first-order valence-corrected chi connectivity index (χ1v) is 12.5. The van der Waals surface area contributed by atoms with Crippen molar-refractivity contribution in [3.63, 3.8) is 0 Å². The van der Waals surface area contributed by atoms with Crippen molar-refractivity contribution < 1.29 is 58.3 Å². The van der Waals surface area contributed by atoms with E-state index < -0.39 is 92.0 Å². The highest BCUT2D eigenvalue weighted by Crippen LogP contribution is 2.65.